The second-order valence-corrected chi connectivity index (χ2v) is 9.40. The second kappa shape index (κ2) is 8.47. The van der Waals surface area contributed by atoms with Gasteiger partial charge in [-0.05, 0) is 54.4 Å². The van der Waals surface area contributed by atoms with Crippen LogP contribution < -0.4 is 15.8 Å². The minimum atomic E-state index is -4.10. The van der Waals surface area contributed by atoms with Gasteiger partial charge in [0.15, 0.2) is 0 Å². The predicted molar refractivity (Wildman–Crippen MR) is 124 cm³/mol. The summed E-state index contributed by atoms with van der Waals surface area (Å²) in [5.41, 5.74) is 0.168. The number of nitrogens with one attached hydrogen (secondary N) is 3. The van der Waals surface area contributed by atoms with Crippen molar-refractivity contribution in [2.24, 2.45) is 0 Å². The van der Waals surface area contributed by atoms with E-state index in [9.17, 15) is 27.5 Å². The zero-order valence-electron chi connectivity index (χ0n) is 17.1. The molecular formula is C22H17ClFN3O5S. The van der Waals surface area contributed by atoms with Crippen molar-refractivity contribution in [1.82, 2.24) is 9.97 Å². The van der Waals surface area contributed by atoms with Gasteiger partial charge < -0.3 is 15.1 Å². The number of aliphatic hydroxyl groups excluding tert-OH is 1. The van der Waals surface area contributed by atoms with Crippen molar-refractivity contribution in [2.75, 3.05) is 4.72 Å². The summed E-state index contributed by atoms with van der Waals surface area (Å²) < 4.78 is 42.7. The summed E-state index contributed by atoms with van der Waals surface area (Å²) in [6, 6.07) is 11.1. The van der Waals surface area contributed by atoms with E-state index in [1.165, 1.54) is 48.5 Å². The van der Waals surface area contributed by atoms with Crippen LogP contribution in [0.3, 0.4) is 0 Å². The average Bonchev–Trinajstić information content (AvgIpc) is 2.75. The minimum Gasteiger partial charge on any atom is -0.392 e. The maximum absolute atomic E-state index is 14.3. The lowest BCUT2D eigenvalue weighted by molar-refractivity contribution is 0.282. The van der Waals surface area contributed by atoms with E-state index >= 15 is 0 Å². The van der Waals surface area contributed by atoms with E-state index in [4.69, 9.17) is 11.6 Å². The number of anilines is 1. The van der Waals surface area contributed by atoms with Crippen molar-refractivity contribution in [3.05, 3.63) is 91.2 Å². The Labute approximate surface area is 191 Å². The molecule has 0 spiro atoms. The van der Waals surface area contributed by atoms with Gasteiger partial charge in [-0.25, -0.2) is 12.8 Å². The van der Waals surface area contributed by atoms with Gasteiger partial charge in [0.05, 0.1) is 33.2 Å². The third kappa shape index (κ3) is 4.40. The molecule has 0 fully saturated rings. The van der Waals surface area contributed by atoms with Crippen LogP contribution in [0.2, 0.25) is 5.02 Å². The summed E-state index contributed by atoms with van der Waals surface area (Å²) in [7, 11) is -4.10. The van der Waals surface area contributed by atoms with Gasteiger partial charge in [0.2, 0.25) is 0 Å². The molecule has 0 aliphatic heterocycles. The molecule has 0 saturated heterocycles. The second-order valence-electron chi connectivity index (χ2n) is 7.34. The number of aromatic nitrogens is 2. The fraction of sp³-hybridized carbons (Fsp3) is 0.0909. The number of aromatic amines is 2. The Bertz CT molecular complexity index is 1630. The molecule has 8 nitrogen and oxygen atoms in total. The third-order valence-corrected chi connectivity index (χ3v) is 6.87. The maximum Gasteiger partial charge on any atom is 0.314 e. The van der Waals surface area contributed by atoms with Gasteiger partial charge in [-0.15, -0.1) is 0 Å². The minimum absolute atomic E-state index is 0.0985. The average molecular weight is 490 g/mol. The van der Waals surface area contributed by atoms with Gasteiger partial charge in [-0.1, -0.05) is 23.7 Å². The van der Waals surface area contributed by atoms with Crippen LogP contribution in [0.4, 0.5) is 10.1 Å². The number of aryl methyl sites for hydroxylation is 1. The first-order valence-electron chi connectivity index (χ1n) is 9.58. The zero-order valence-corrected chi connectivity index (χ0v) is 18.6. The van der Waals surface area contributed by atoms with Crippen LogP contribution in [0, 0.1) is 12.7 Å². The normalized spacial score (nSPS) is 11.6. The lowest BCUT2D eigenvalue weighted by Crippen LogP contribution is -2.29. The number of fused-ring (bicyclic) bond motifs is 1. The first-order valence-corrected chi connectivity index (χ1v) is 11.4. The van der Waals surface area contributed by atoms with Crippen molar-refractivity contribution < 1.29 is 17.9 Å². The lowest BCUT2D eigenvalue weighted by Gasteiger charge is -2.13. The van der Waals surface area contributed by atoms with E-state index in [1.807, 2.05) is 0 Å². The van der Waals surface area contributed by atoms with Crippen LogP contribution in [0.25, 0.3) is 22.2 Å². The molecule has 0 atom stereocenters. The van der Waals surface area contributed by atoms with Gasteiger partial charge in [0.25, 0.3) is 10.0 Å². The Balaban J connectivity index is 1.71. The number of benzene rings is 3. The van der Waals surface area contributed by atoms with Crippen molar-refractivity contribution >= 4 is 38.3 Å². The van der Waals surface area contributed by atoms with Crippen LogP contribution >= 0.6 is 11.6 Å². The number of aliphatic hydroxyl groups is 1. The van der Waals surface area contributed by atoms with E-state index in [0.29, 0.717) is 16.7 Å². The fourth-order valence-electron chi connectivity index (χ4n) is 3.43. The molecule has 0 aliphatic rings. The lowest BCUT2D eigenvalue weighted by atomic mass is 10.0. The number of rotatable bonds is 5. The van der Waals surface area contributed by atoms with Crippen molar-refractivity contribution in [1.29, 1.82) is 0 Å². The Morgan fingerprint density at radius 3 is 2.27 bits per heavy atom. The van der Waals surface area contributed by atoms with E-state index in [1.54, 1.807) is 6.92 Å². The highest BCUT2D eigenvalue weighted by Crippen LogP contribution is 2.33. The summed E-state index contributed by atoms with van der Waals surface area (Å²) in [6.07, 6.45) is 0. The maximum atomic E-state index is 14.3. The molecule has 4 N–H and O–H groups in total. The summed E-state index contributed by atoms with van der Waals surface area (Å²) >= 11 is 6.31. The summed E-state index contributed by atoms with van der Waals surface area (Å²) in [6.45, 7) is 1.28. The Hall–Kier alpha value is -3.47. The molecule has 0 amide bonds. The zero-order chi connectivity index (χ0) is 23.9. The Kier molecular flexibility index (Phi) is 5.83. The molecule has 3 aromatic carbocycles. The summed E-state index contributed by atoms with van der Waals surface area (Å²) in [5.74, 6) is -0.541. The molecule has 0 aliphatic carbocycles. The number of H-pyrrole nitrogens is 2. The molecular weight excluding hydrogens is 473 g/mol. The van der Waals surface area contributed by atoms with Crippen LogP contribution in [0.15, 0.2) is 63.0 Å². The smallest absolute Gasteiger partial charge is 0.314 e. The monoisotopic (exact) mass is 489 g/mol. The fourth-order valence-corrected chi connectivity index (χ4v) is 5.01. The molecule has 1 heterocycles. The molecule has 0 radical (unpaired) electrons. The van der Waals surface area contributed by atoms with Crippen LogP contribution in [-0.2, 0) is 16.6 Å². The first-order chi connectivity index (χ1) is 15.6. The van der Waals surface area contributed by atoms with Gasteiger partial charge in [-0.3, -0.25) is 14.3 Å². The van der Waals surface area contributed by atoms with Gasteiger partial charge >= 0.3 is 11.1 Å². The molecule has 11 heteroatoms. The first kappa shape index (κ1) is 22.7. The van der Waals surface area contributed by atoms with Crippen LogP contribution in [0.5, 0.6) is 0 Å². The van der Waals surface area contributed by atoms with Crippen LogP contribution in [-0.4, -0.2) is 23.5 Å². The number of halogens is 2. The molecule has 0 bridgehead atoms. The Morgan fingerprint density at radius 1 is 0.970 bits per heavy atom. The summed E-state index contributed by atoms with van der Waals surface area (Å²) in [5, 5.41) is 9.40. The molecule has 4 rings (SSSR count). The Morgan fingerprint density at radius 2 is 1.64 bits per heavy atom. The highest BCUT2D eigenvalue weighted by molar-refractivity contribution is 7.92. The van der Waals surface area contributed by atoms with Gasteiger partial charge in [-0.2, -0.15) is 0 Å². The molecule has 4 aromatic rings. The van der Waals surface area contributed by atoms with Crippen molar-refractivity contribution in [2.45, 2.75) is 18.4 Å². The topological polar surface area (TPSA) is 132 Å². The number of hydrogen-bond donors (Lipinski definition) is 4. The van der Waals surface area contributed by atoms with Crippen molar-refractivity contribution in [3.8, 4) is 11.1 Å². The van der Waals surface area contributed by atoms with E-state index in [2.05, 4.69) is 14.7 Å². The van der Waals surface area contributed by atoms with E-state index in [-0.39, 0.29) is 38.8 Å². The molecule has 1 aromatic heterocycles. The van der Waals surface area contributed by atoms with Crippen molar-refractivity contribution in [3.63, 3.8) is 0 Å². The van der Waals surface area contributed by atoms with Crippen LogP contribution in [0.1, 0.15) is 11.1 Å². The third-order valence-electron chi connectivity index (χ3n) is 5.03. The predicted octanol–water partition coefficient (Wildman–Crippen LogP) is 3.28. The highest BCUT2D eigenvalue weighted by Gasteiger charge is 2.20. The number of sulfonamides is 1. The van der Waals surface area contributed by atoms with Gasteiger partial charge in [0.1, 0.15) is 5.82 Å². The summed E-state index contributed by atoms with van der Waals surface area (Å²) in [4.78, 5) is 27.7. The number of hydrogen-bond acceptors (Lipinski definition) is 5. The van der Waals surface area contributed by atoms with E-state index in [0.717, 1.165) is 0 Å². The van der Waals surface area contributed by atoms with E-state index < -0.39 is 27.0 Å². The largest absolute Gasteiger partial charge is 0.392 e. The standard InChI is InChI=1S/C22H17ClFN3O5S/c1-11-6-18-19(26-22(30)21(29)25-18)9-20(11)33(31,32)27-13-3-4-14(16(23)8-13)15-7-12(10-28)2-5-17(15)24/h2-9,27-28H,10H2,1H3,(H,25,29)(H,26,30). The molecule has 0 saturated carbocycles. The molecule has 33 heavy (non-hydrogen) atoms. The quantitative estimate of drug-likeness (QED) is 0.319. The highest BCUT2D eigenvalue weighted by atomic mass is 35.5. The van der Waals surface area contributed by atoms with Gasteiger partial charge in [0, 0.05) is 11.1 Å². The SMILES string of the molecule is Cc1cc2[nH]c(=O)c(=O)[nH]c2cc1S(=O)(=O)Nc1ccc(-c2cc(CO)ccc2F)c(Cl)c1. The molecule has 0 unspecified atom stereocenters. The molecule has 170 valence electrons.